The van der Waals surface area contributed by atoms with Crippen molar-refractivity contribution in [1.29, 1.82) is 0 Å². The molecule has 2 aromatic heterocycles. The maximum Gasteiger partial charge on any atom is 0.433 e. The Hall–Kier alpha value is -4.13. The minimum Gasteiger partial charge on any atom is -0.366 e. The van der Waals surface area contributed by atoms with Crippen LogP contribution in [-0.4, -0.2) is 15.5 Å². The molecule has 40 heavy (non-hydrogen) atoms. The van der Waals surface area contributed by atoms with Gasteiger partial charge in [0.2, 0.25) is 5.91 Å². The lowest BCUT2D eigenvalue weighted by Gasteiger charge is -2.27. The van der Waals surface area contributed by atoms with Crippen molar-refractivity contribution in [2.45, 2.75) is 45.2 Å². The number of alkyl halides is 3. The first-order valence-corrected chi connectivity index (χ1v) is 13.7. The van der Waals surface area contributed by atoms with Gasteiger partial charge < -0.3 is 10.3 Å². The molecule has 0 saturated heterocycles. The molecule has 1 amide bonds. The maximum absolute atomic E-state index is 13.2. The number of nitrogens with zero attached hydrogens (tertiary/aromatic N) is 2. The molecule has 5 aromatic rings. The smallest absolute Gasteiger partial charge is 0.366 e. The number of hydrogen-bond acceptors (Lipinski definition) is 2. The SMILES string of the molecule is CC1CCC(Cc2cc(-n3c4ccccc4c4c(-c5ccc(C(F)(F)F)nc5)cccc43)ccc2C(N)=O)CC1. The molecule has 1 fully saturated rings. The van der Waals surface area contributed by atoms with E-state index in [1.54, 1.807) is 0 Å². The van der Waals surface area contributed by atoms with Crippen LogP contribution in [0.4, 0.5) is 13.2 Å². The summed E-state index contributed by atoms with van der Waals surface area (Å²) in [6.07, 6.45) is 2.28. The van der Waals surface area contributed by atoms with E-state index in [-0.39, 0.29) is 0 Å². The molecular formula is C33H30F3N3O. The number of amides is 1. The number of carbonyl (C=O) groups is 1. The van der Waals surface area contributed by atoms with Crippen LogP contribution < -0.4 is 5.73 Å². The number of fused-ring (bicyclic) bond motifs is 3. The molecule has 0 aliphatic heterocycles. The lowest BCUT2D eigenvalue weighted by Crippen LogP contribution is -2.19. The third-order valence-corrected chi connectivity index (χ3v) is 8.32. The Labute approximate surface area is 230 Å². The van der Waals surface area contributed by atoms with Gasteiger partial charge in [-0.15, -0.1) is 0 Å². The molecule has 2 N–H and O–H groups in total. The van der Waals surface area contributed by atoms with Crippen LogP contribution >= 0.6 is 0 Å². The van der Waals surface area contributed by atoms with E-state index in [0.29, 0.717) is 17.0 Å². The fourth-order valence-corrected chi connectivity index (χ4v) is 6.23. The quantitative estimate of drug-likeness (QED) is 0.243. The number of rotatable bonds is 5. The summed E-state index contributed by atoms with van der Waals surface area (Å²) in [5.41, 5.74) is 10.6. The molecule has 4 nitrogen and oxygen atoms in total. The summed E-state index contributed by atoms with van der Waals surface area (Å²) in [6, 6.07) is 22.1. The Kier molecular flexibility index (Phi) is 6.61. The van der Waals surface area contributed by atoms with Gasteiger partial charge in [-0.05, 0) is 78.6 Å². The van der Waals surface area contributed by atoms with Crippen molar-refractivity contribution >= 4 is 27.7 Å². The van der Waals surface area contributed by atoms with E-state index in [4.69, 9.17) is 5.73 Å². The van der Waals surface area contributed by atoms with Crippen LogP contribution in [0.5, 0.6) is 0 Å². The van der Waals surface area contributed by atoms with Crippen LogP contribution in [0, 0.1) is 11.8 Å². The topological polar surface area (TPSA) is 60.9 Å². The lowest BCUT2D eigenvalue weighted by atomic mass is 9.79. The minimum atomic E-state index is -4.49. The highest BCUT2D eigenvalue weighted by molar-refractivity contribution is 6.15. The molecule has 1 aliphatic rings. The van der Waals surface area contributed by atoms with Crippen LogP contribution in [0.3, 0.4) is 0 Å². The Morgan fingerprint density at radius 2 is 1.70 bits per heavy atom. The average Bonchev–Trinajstić information content (AvgIpc) is 3.28. The molecule has 0 bridgehead atoms. The van der Waals surface area contributed by atoms with E-state index in [2.05, 4.69) is 22.5 Å². The fourth-order valence-electron chi connectivity index (χ4n) is 6.23. The van der Waals surface area contributed by atoms with Gasteiger partial charge in [0.15, 0.2) is 0 Å². The highest BCUT2D eigenvalue weighted by Crippen LogP contribution is 2.39. The minimum absolute atomic E-state index is 0.426. The van der Waals surface area contributed by atoms with Gasteiger partial charge in [0.25, 0.3) is 0 Å². The zero-order valence-electron chi connectivity index (χ0n) is 22.2. The Bertz CT molecular complexity index is 1710. The van der Waals surface area contributed by atoms with Gasteiger partial charge >= 0.3 is 6.18 Å². The van der Waals surface area contributed by atoms with E-state index < -0.39 is 17.8 Å². The van der Waals surface area contributed by atoms with Gasteiger partial charge in [0, 0.05) is 33.8 Å². The number of primary amides is 1. The standard InChI is InChI=1S/C33H30F3N3O/c1-20-9-11-21(12-10-20)17-23-18-24(14-15-26(23)32(37)40)39-28-7-3-2-5-27(28)31-25(6-4-8-29(31)39)22-13-16-30(38-19-22)33(34,35)36/h2-8,13-16,18-21H,9-12,17H2,1H3,(H2,37,40). The second kappa shape index (κ2) is 10.1. The average molecular weight is 542 g/mol. The van der Waals surface area contributed by atoms with Crippen molar-refractivity contribution in [1.82, 2.24) is 9.55 Å². The fraction of sp³-hybridized carbons (Fsp3) is 0.273. The van der Waals surface area contributed by atoms with Crippen molar-refractivity contribution in [2.75, 3.05) is 0 Å². The van der Waals surface area contributed by atoms with Crippen LogP contribution in [0.2, 0.25) is 0 Å². The zero-order chi connectivity index (χ0) is 28.0. The van der Waals surface area contributed by atoms with E-state index in [9.17, 15) is 18.0 Å². The molecule has 1 saturated carbocycles. The molecule has 0 radical (unpaired) electrons. The lowest BCUT2D eigenvalue weighted by molar-refractivity contribution is -0.141. The van der Waals surface area contributed by atoms with Gasteiger partial charge in [-0.3, -0.25) is 9.78 Å². The summed E-state index contributed by atoms with van der Waals surface area (Å²) in [6.45, 7) is 2.29. The summed E-state index contributed by atoms with van der Waals surface area (Å²) in [5, 5.41) is 1.91. The summed E-state index contributed by atoms with van der Waals surface area (Å²) in [7, 11) is 0. The normalized spacial score (nSPS) is 17.9. The van der Waals surface area contributed by atoms with Gasteiger partial charge in [-0.25, -0.2) is 0 Å². The Morgan fingerprint density at radius 1 is 0.950 bits per heavy atom. The first kappa shape index (κ1) is 26.1. The van der Waals surface area contributed by atoms with E-state index >= 15 is 0 Å². The molecule has 7 heteroatoms. The van der Waals surface area contributed by atoms with Crippen LogP contribution in [0.15, 0.2) is 79.0 Å². The number of benzene rings is 3. The third-order valence-electron chi connectivity index (χ3n) is 8.32. The Morgan fingerprint density at radius 3 is 2.40 bits per heavy atom. The zero-order valence-corrected chi connectivity index (χ0v) is 22.2. The van der Waals surface area contributed by atoms with Gasteiger partial charge in [-0.1, -0.05) is 56.2 Å². The summed E-state index contributed by atoms with van der Waals surface area (Å²) < 4.78 is 41.6. The molecule has 0 unspecified atom stereocenters. The molecule has 0 spiro atoms. The van der Waals surface area contributed by atoms with Crippen molar-refractivity contribution < 1.29 is 18.0 Å². The Balaban J connectivity index is 1.51. The van der Waals surface area contributed by atoms with Crippen molar-refractivity contribution in [3.8, 4) is 16.8 Å². The third kappa shape index (κ3) is 4.74. The first-order chi connectivity index (χ1) is 19.2. The molecule has 204 valence electrons. The molecule has 3 aromatic carbocycles. The first-order valence-electron chi connectivity index (χ1n) is 13.7. The summed E-state index contributed by atoms with van der Waals surface area (Å²) >= 11 is 0. The van der Waals surface area contributed by atoms with E-state index in [1.165, 1.54) is 25.1 Å². The van der Waals surface area contributed by atoms with Gasteiger partial charge in [0.05, 0.1) is 11.0 Å². The van der Waals surface area contributed by atoms with Gasteiger partial charge in [-0.2, -0.15) is 13.2 Å². The number of aromatic nitrogens is 2. The second-order valence-corrected chi connectivity index (χ2v) is 11.0. The molecule has 0 atom stereocenters. The van der Waals surface area contributed by atoms with Crippen molar-refractivity contribution in [2.24, 2.45) is 17.6 Å². The van der Waals surface area contributed by atoms with E-state index in [0.717, 1.165) is 69.9 Å². The highest BCUT2D eigenvalue weighted by Gasteiger charge is 2.32. The van der Waals surface area contributed by atoms with Crippen molar-refractivity contribution in [3.05, 3.63) is 95.8 Å². The highest BCUT2D eigenvalue weighted by atomic mass is 19.4. The van der Waals surface area contributed by atoms with Crippen molar-refractivity contribution in [3.63, 3.8) is 0 Å². The number of carbonyl (C=O) groups excluding carboxylic acids is 1. The maximum atomic E-state index is 13.2. The summed E-state index contributed by atoms with van der Waals surface area (Å²) in [5.74, 6) is 0.830. The largest absolute Gasteiger partial charge is 0.433 e. The van der Waals surface area contributed by atoms with E-state index in [1.807, 2.05) is 54.6 Å². The molecule has 2 heterocycles. The van der Waals surface area contributed by atoms with Crippen LogP contribution in [0.25, 0.3) is 38.6 Å². The van der Waals surface area contributed by atoms with Crippen LogP contribution in [0.1, 0.15) is 54.2 Å². The molecular weight excluding hydrogens is 511 g/mol. The predicted octanol–water partition coefficient (Wildman–Crippen LogP) is 8.33. The van der Waals surface area contributed by atoms with Gasteiger partial charge in [0.1, 0.15) is 5.69 Å². The number of hydrogen-bond donors (Lipinski definition) is 1. The monoisotopic (exact) mass is 541 g/mol. The summed E-state index contributed by atoms with van der Waals surface area (Å²) in [4.78, 5) is 16.1. The number of nitrogens with two attached hydrogens (primary N) is 1. The number of para-hydroxylation sites is 1. The number of halogens is 3. The predicted molar refractivity (Wildman–Crippen MR) is 152 cm³/mol. The molecule has 6 rings (SSSR count). The molecule has 1 aliphatic carbocycles. The number of pyridine rings is 1. The van der Waals surface area contributed by atoms with Crippen LogP contribution in [-0.2, 0) is 12.6 Å². The second-order valence-electron chi connectivity index (χ2n) is 11.0.